The molecule has 6 nitrogen and oxygen atoms in total. The van der Waals surface area contributed by atoms with Gasteiger partial charge in [0.15, 0.2) is 5.16 Å². The highest BCUT2D eigenvalue weighted by atomic mass is 79.9. The maximum absolute atomic E-state index is 5.22. The van der Waals surface area contributed by atoms with Crippen LogP contribution in [0.3, 0.4) is 0 Å². The maximum Gasteiger partial charge on any atom is 0.220 e. The smallest absolute Gasteiger partial charge is 0.220 e. The van der Waals surface area contributed by atoms with Crippen LogP contribution in [0.15, 0.2) is 45.1 Å². The Morgan fingerprint density at radius 1 is 1.12 bits per heavy atom. The van der Waals surface area contributed by atoms with E-state index in [2.05, 4.69) is 57.2 Å². The molecule has 1 unspecified atom stereocenters. The molecule has 1 aromatic heterocycles. The molecule has 2 aromatic rings. The van der Waals surface area contributed by atoms with Crippen LogP contribution < -0.4 is 14.9 Å². The number of ether oxygens (including phenoxy) is 2. The van der Waals surface area contributed by atoms with E-state index in [4.69, 9.17) is 9.47 Å². The normalized spacial score (nSPS) is 12.8. The Morgan fingerprint density at radius 2 is 1.69 bits per heavy atom. The summed E-state index contributed by atoms with van der Waals surface area (Å²) < 4.78 is 11.5. The summed E-state index contributed by atoms with van der Waals surface area (Å²) in [6.45, 7) is 6.44. The van der Waals surface area contributed by atoms with E-state index in [0.717, 1.165) is 10.2 Å². The van der Waals surface area contributed by atoms with E-state index in [1.54, 1.807) is 20.3 Å². The van der Waals surface area contributed by atoms with Crippen molar-refractivity contribution in [3.8, 4) is 11.8 Å². The number of aromatic nitrogens is 2. The minimum Gasteiger partial charge on any atom is -0.481 e. The minimum absolute atomic E-state index is 0.0438. The lowest BCUT2D eigenvalue weighted by molar-refractivity contribution is 0.364. The fourth-order valence-electron chi connectivity index (χ4n) is 1.89. The second kappa shape index (κ2) is 9.23. The molecule has 0 aliphatic rings. The van der Waals surface area contributed by atoms with Gasteiger partial charge in [-0.3, -0.25) is 5.43 Å². The highest BCUT2D eigenvalue weighted by molar-refractivity contribution is 9.10. The van der Waals surface area contributed by atoms with Gasteiger partial charge in [0.05, 0.1) is 31.2 Å². The molecule has 0 bridgehead atoms. The second-order valence-electron chi connectivity index (χ2n) is 6.54. The Labute approximate surface area is 166 Å². The Kier molecular flexibility index (Phi) is 7.28. The van der Waals surface area contributed by atoms with Crippen molar-refractivity contribution in [1.29, 1.82) is 0 Å². The van der Waals surface area contributed by atoms with E-state index in [1.807, 2.05) is 30.5 Å². The maximum atomic E-state index is 5.22. The second-order valence-corrected chi connectivity index (χ2v) is 8.56. The van der Waals surface area contributed by atoms with E-state index in [0.29, 0.717) is 16.9 Å². The molecule has 140 valence electrons. The number of thioether (sulfide) groups is 1. The molecule has 0 saturated heterocycles. The van der Waals surface area contributed by atoms with Crippen molar-refractivity contribution in [2.75, 3.05) is 19.6 Å². The number of nitrogens with one attached hydrogen (secondary N) is 1. The molecule has 26 heavy (non-hydrogen) atoms. The number of hydrazone groups is 1. The van der Waals surface area contributed by atoms with Gasteiger partial charge in [-0.2, -0.15) is 15.1 Å². The van der Waals surface area contributed by atoms with Crippen molar-refractivity contribution < 1.29 is 9.47 Å². The third kappa shape index (κ3) is 6.17. The van der Waals surface area contributed by atoms with Crippen molar-refractivity contribution in [3.05, 3.63) is 34.8 Å². The van der Waals surface area contributed by atoms with Crippen LogP contribution in [0.4, 0.5) is 5.69 Å². The number of methoxy groups -OCH3 is 2. The van der Waals surface area contributed by atoms with Crippen LogP contribution >= 0.6 is 27.7 Å². The van der Waals surface area contributed by atoms with Gasteiger partial charge < -0.3 is 9.47 Å². The first kappa shape index (κ1) is 20.5. The molecular formula is C18H23BrN4O2S. The summed E-state index contributed by atoms with van der Waals surface area (Å²) in [4.78, 5) is 8.78. The summed E-state index contributed by atoms with van der Waals surface area (Å²) in [6.07, 6.45) is 1.88. The van der Waals surface area contributed by atoms with Gasteiger partial charge in [-0.15, -0.1) is 0 Å². The van der Waals surface area contributed by atoms with E-state index < -0.39 is 0 Å². The fraction of sp³-hybridized carbons (Fsp3) is 0.389. The zero-order chi connectivity index (χ0) is 19.2. The molecule has 1 aromatic carbocycles. The molecular weight excluding hydrogens is 416 g/mol. The van der Waals surface area contributed by atoms with Gasteiger partial charge in [0.2, 0.25) is 11.8 Å². The lowest BCUT2D eigenvalue weighted by Crippen LogP contribution is -2.25. The van der Waals surface area contributed by atoms with Crippen LogP contribution in [0.25, 0.3) is 0 Å². The predicted octanol–water partition coefficient (Wildman–Crippen LogP) is 4.86. The highest BCUT2D eigenvalue weighted by Gasteiger charge is 2.26. The van der Waals surface area contributed by atoms with Crippen molar-refractivity contribution in [1.82, 2.24) is 9.97 Å². The largest absolute Gasteiger partial charge is 0.481 e. The van der Waals surface area contributed by atoms with Crippen LogP contribution in [-0.2, 0) is 0 Å². The van der Waals surface area contributed by atoms with Gasteiger partial charge in [0, 0.05) is 10.7 Å². The molecule has 0 aliphatic carbocycles. The number of nitrogens with zero attached hydrogens (tertiary/aromatic N) is 3. The minimum atomic E-state index is -0.0464. The number of hydrogen-bond donors (Lipinski definition) is 1. The Hall–Kier alpha value is -1.80. The lowest BCUT2D eigenvalue weighted by Gasteiger charge is -2.26. The van der Waals surface area contributed by atoms with Crippen LogP contribution in [0.5, 0.6) is 11.8 Å². The molecule has 0 aliphatic heterocycles. The van der Waals surface area contributed by atoms with Gasteiger partial charge in [0.1, 0.15) is 0 Å². The summed E-state index contributed by atoms with van der Waals surface area (Å²) in [7, 11) is 3.14. The number of halogens is 1. The van der Waals surface area contributed by atoms with Crippen LogP contribution in [0.2, 0.25) is 0 Å². The quantitative estimate of drug-likeness (QED) is 0.288. The van der Waals surface area contributed by atoms with E-state index in [-0.39, 0.29) is 10.7 Å². The molecule has 0 saturated carbocycles. The average molecular weight is 439 g/mol. The van der Waals surface area contributed by atoms with Gasteiger partial charge in [-0.05, 0) is 29.7 Å². The summed E-state index contributed by atoms with van der Waals surface area (Å²) in [5, 5.41) is 5.01. The SMILES string of the molecule is COc1cc(OC)nc(SC(C=NNc2ccc(Br)cc2)C(C)(C)C)n1. The van der Waals surface area contributed by atoms with Gasteiger partial charge in [0.25, 0.3) is 0 Å². The molecule has 1 heterocycles. The Bertz CT molecular complexity index is 726. The topological polar surface area (TPSA) is 68.6 Å². The monoisotopic (exact) mass is 438 g/mol. The molecule has 1 atom stereocenters. The predicted molar refractivity (Wildman–Crippen MR) is 110 cm³/mol. The average Bonchev–Trinajstić information content (AvgIpc) is 2.61. The van der Waals surface area contributed by atoms with E-state index in [9.17, 15) is 0 Å². The Balaban J connectivity index is 2.15. The van der Waals surface area contributed by atoms with Crippen LogP contribution in [0.1, 0.15) is 20.8 Å². The molecule has 2 rings (SSSR count). The molecule has 1 N–H and O–H groups in total. The summed E-state index contributed by atoms with van der Waals surface area (Å²) in [5.74, 6) is 0.939. The lowest BCUT2D eigenvalue weighted by atomic mass is 9.92. The number of benzene rings is 1. The zero-order valence-electron chi connectivity index (χ0n) is 15.5. The first-order valence-corrected chi connectivity index (χ1v) is 9.67. The fourth-order valence-corrected chi connectivity index (χ4v) is 3.15. The van der Waals surface area contributed by atoms with Crippen molar-refractivity contribution >= 4 is 39.6 Å². The summed E-state index contributed by atoms with van der Waals surface area (Å²) in [6, 6.07) is 9.49. The number of anilines is 1. The zero-order valence-corrected chi connectivity index (χ0v) is 17.9. The van der Waals surface area contributed by atoms with Gasteiger partial charge in [-0.25, -0.2) is 0 Å². The van der Waals surface area contributed by atoms with Crippen molar-refractivity contribution in [2.45, 2.75) is 31.2 Å². The molecule has 0 fully saturated rings. The standard InChI is InChI=1S/C18H23BrN4O2S/c1-18(2,3)14(11-20-23-13-8-6-12(19)7-9-13)26-17-21-15(24-4)10-16(22-17)25-5/h6-11,14,23H,1-5H3. The first-order valence-electron chi connectivity index (χ1n) is 8.00. The third-order valence-corrected chi connectivity index (χ3v) is 5.42. The van der Waals surface area contributed by atoms with E-state index >= 15 is 0 Å². The molecule has 8 heteroatoms. The molecule has 0 spiro atoms. The van der Waals surface area contributed by atoms with Gasteiger partial charge >= 0.3 is 0 Å². The first-order chi connectivity index (χ1) is 12.3. The summed E-state index contributed by atoms with van der Waals surface area (Å²) >= 11 is 4.93. The van der Waals surface area contributed by atoms with E-state index in [1.165, 1.54) is 11.8 Å². The third-order valence-electron chi connectivity index (χ3n) is 3.41. The highest BCUT2D eigenvalue weighted by Crippen LogP contribution is 2.34. The van der Waals surface area contributed by atoms with Gasteiger partial charge in [-0.1, -0.05) is 48.5 Å². The number of hydrogen-bond acceptors (Lipinski definition) is 7. The van der Waals surface area contributed by atoms with Crippen LogP contribution in [-0.4, -0.2) is 35.7 Å². The Morgan fingerprint density at radius 3 is 2.19 bits per heavy atom. The summed E-state index contributed by atoms with van der Waals surface area (Å²) in [5.41, 5.74) is 3.92. The van der Waals surface area contributed by atoms with Crippen LogP contribution in [0, 0.1) is 5.41 Å². The van der Waals surface area contributed by atoms with Crippen molar-refractivity contribution in [2.24, 2.45) is 10.5 Å². The van der Waals surface area contributed by atoms with Crippen molar-refractivity contribution in [3.63, 3.8) is 0 Å². The number of rotatable bonds is 7. The molecule has 0 amide bonds. The molecule has 0 radical (unpaired) electrons.